The van der Waals surface area contributed by atoms with Crippen LogP contribution in [0.25, 0.3) is 0 Å². The maximum atomic E-state index is 5.61. The third kappa shape index (κ3) is 3.54. The zero-order valence-electron chi connectivity index (χ0n) is 10.2. The second-order valence-corrected chi connectivity index (χ2v) is 5.47. The van der Waals surface area contributed by atoms with Crippen molar-refractivity contribution in [2.24, 2.45) is 0 Å². The minimum atomic E-state index is 0.642. The normalized spacial score (nSPS) is 11.0. The van der Waals surface area contributed by atoms with E-state index in [-0.39, 0.29) is 0 Å². The van der Waals surface area contributed by atoms with Crippen LogP contribution >= 0.6 is 11.3 Å². The van der Waals surface area contributed by atoms with E-state index in [2.05, 4.69) is 48.1 Å². The number of thiazole rings is 1. The Balaban J connectivity index is 1.93. The molecule has 0 saturated heterocycles. The van der Waals surface area contributed by atoms with Crippen LogP contribution in [0.2, 0.25) is 0 Å². The highest BCUT2D eigenvalue weighted by molar-refractivity contribution is 7.15. The van der Waals surface area contributed by atoms with Crippen molar-refractivity contribution >= 4 is 16.5 Å². The summed E-state index contributed by atoms with van der Waals surface area (Å²) in [5.41, 5.74) is 8.24. The summed E-state index contributed by atoms with van der Waals surface area (Å²) in [5, 5.41) is 0.642. The molecule has 2 rings (SSSR count). The van der Waals surface area contributed by atoms with Gasteiger partial charge in [0.15, 0.2) is 5.13 Å². The zero-order chi connectivity index (χ0) is 12.3. The number of rotatable bonds is 4. The van der Waals surface area contributed by atoms with Crippen LogP contribution in [0.5, 0.6) is 0 Å². The van der Waals surface area contributed by atoms with Gasteiger partial charge in [0.05, 0.1) is 0 Å². The summed E-state index contributed by atoms with van der Waals surface area (Å²) < 4.78 is 0. The third-order valence-electron chi connectivity index (χ3n) is 2.57. The molecule has 0 fully saturated rings. The summed E-state index contributed by atoms with van der Waals surface area (Å²) in [7, 11) is 2.11. The van der Waals surface area contributed by atoms with E-state index < -0.39 is 0 Å². The van der Waals surface area contributed by atoms with Crippen LogP contribution < -0.4 is 5.73 Å². The summed E-state index contributed by atoms with van der Waals surface area (Å²) >= 11 is 1.55. The van der Waals surface area contributed by atoms with E-state index in [4.69, 9.17) is 5.73 Å². The molecule has 1 aromatic carbocycles. The van der Waals surface area contributed by atoms with Crippen molar-refractivity contribution in [1.82, 2.24) is 9.88 Å². The number of nitrogen functional groups attached to an aromatic ring is 1. The highest BCUT2D eigenvalue weighted by Gasteiger charge is 2.04. The standard InChI is InChI=1S/C13H17N3S/c1-10-3-5-11(6-4-10)8-16(2)9-12-7-15-13(14)17-12/h3-7H,8-9H2,1-2H3,(H2,14,15). The van der Waals surface area contributed by atoms with Crippen LogP contribution in [0.1, 0.15) is 16.0 Å². The van der Waals surface area contributed by atoms with E-state index >= 15 is 0 Å². The van der Waals surface area contributed by atoms with E-state index in [0.29, 0.717) is 5.13 Å². The smallest absolute Gasteiger partial charge is 0.180 e. The summed E-state index contributed by atoms with van der Waals surface area (Å²) in [6.07, 6.45) is 1.85. The van der Waals surface area contributed by atoms with Crippen LogP contribution in [0.4, 0.5) is 5.13 Å². The average molecular weight is 247 g/mol. The number of benzene rings is 1. The molecule has 0 atom stereocenters. The van der Waals surface area contributed by atoms with Gasteiger partial charge in [-0.1, -0.05) is 29.8 Å². The van der Waals surface area contributed by atoms with Crippen molar-refractivity contribution in [3.8, 4) is 0 Å². The highest BCUT2D eigenvalue weighted by Crippen LogP contribution is 2.17. The summed E-state index contributed by atoms with van der Waals surface area (Å²) in [5.74, 6) is 0. The van der Waals surface area contributed by atoms with Crippen molar-refractivity contribution < 1.29 is 0 Å². The Hall–Kier alpha value is -1.39. The molecule has 0 aliphatic heterocycles. The first-order chi connectivity index (χ1) is 8.13. The van der Waals surface area contributed by atoms with E-state index in [1.165, 1.54) is 16.0 Å². The first-order valence-corrected chi connectivity index (χ1v) is 6.39. The fraction of sp³-hybridized carbons (Fsp3) is 0.308. The van der Waals surface area contributed by atoms with Crippen LogP contribution in [0.3, 0.4) is 0 Å². The molecule has 3 nitrogen and oxygen atoms in total. The van der Waals surface area contributed by atoms with Crippen molar-refractivity contribution in [1.29, 1.82) is 0 Å². The molecule has 0 aliphatic rings. The molecular weight excluding hydrogens is 230 g/mol. The van der Waals surface area contributed by atoms with Crippen LogP contribution in [0.15, 0.2) is 30.5 Å². The topological polar surface area (TPSA) is 42.2 Å². The molecule has 0 aliphatic carbocycles. The van der Waals surface area contributed by atoms with E-state index in [1.807, 2.05) is 6.20 Å². The van der Waals surface area contributed by atoms with Gasteiger partial charge in [0.25, 0.3) is 0 Å². The Kier molecular flexibility index (Phi) is 3.76. The first-order valence-electron chi connectivity index (χ1n) is 5.58. The lowest BCUT2D eigenvalue weighted by Gasteiger charge is -2.15. The molecule has 0 amide bonds. The molecule has 0 unspecified atom stereocenters. The van der Waals surface area contributed by atoms with Crippen molar-refractivity contribution in [3.63, 3.8) is 0 Å². The zero-order valence-corrected chi connectivity index (χ0v) is 11.0. The van der Waals surface area contributed by atoms with Gasteiger partial charge < -0.3 is 5.73 Å². The SMILES string of the molecule is Cc1ccc(CN(C)Cc2cnc(N)s2)cc1. The Morgan fingerprint density at radius 2 is 1.94 bits per heavy atom. The van der Waals surface area contributed by atoms with Gasteiger partial charge in [-0.2, -0.15) is 0 Å². The number of nitrogens with zero attached hydrogens (tertiary/aromatic N) is 2. The maximum absolute atomic E-state index is 5.61. The first kappa shape index (κ1) is 12.1. The second-order valence-electron chi connectivity index (χ2n) is 4.32. The van der Waals surface area contributed by atoms with Gasteiger partial charge in [-0.05, 0) is 19.5 Å². The monoisotopic (exact) mass is 247 g/mol. The predicted molar refractivity (Wildman–Crippen MR) is 72.9 cm³/mol. The molecule has 0 spiro atoms. The molecule has 0 saturated carbocycles. The fourth-order valence-electron chi connectivity index (χ4n) is 1.72. The van der Waals surface area contributed by atoms with Crippen molar-refractivity contribution in [2.75, 3.05) is 12.8 Å². The molecule has 0 bridgehead atoms. The third-order valence-corrected chi connectivity index (χ3v) is 3.38. The van der Waals surface area contributed by atoms with Crippen molar-refractivity contribution in [2.45, 2.75) is 20.0 Å². The molecule has 1 aromatic heterocycles. The number of hydrogen-bond donors (Lipinski definition) is 1. The maximum Gasteiger partial charge on any atom is 0.180 e. The van der Waals surface area contributed by atoms with E-state index in [0.717, 1.165) is 13.1 Å². The number of hydrogen-bond acceptors (Lipinski definition) is 4. The lowest BCUT2D eigenvalue weighted by atomic mass is 10.1. The Bertz CT molecular complexity index is 476. The lowest BCUT2D eigenvalue weighted by molar-refractivity contribution is 0.322. The second kappa shape index (κ2) is 5.29. The minimum absolute atomic E-state index is 0.642. The van der Waals surface area contributed by atoms with Gasteiger partial charge in [-0.15, -0.1) is 11.3 Å². The molecule has 17 heavy (non-hydrogen) atoms. The van der Waals surface area contributed by atoms with Gasteiger partial charge in [0.1, 0.15) is 0 Å². The largest absolute Gasteiger partial charge is 0.375 e. The Morgan fingerprint density at radius 3 is 2.53 bits per heavy atom. The lowest BCUT2D eigenvalue weighted by Crippen LogP contribution is -2.16. The van der Waals surface area contributed by atoms with E-state index in [1.54, 1.807) is 11.3 Å². The molecule has 90 valence electrons. The average Bonchev–Trinajstić information content (AvgIpc) is 2.67. The predicted octanol–water partition coefficient (Wildman–Crippen LogP) is 2.67. The molecule has 0 radical (unpaired) electrons. The molecule has 4 heteroatoms. The molecule has 2 N–H and O–H groups in total. The number of nitrogens with two attached hydrogens (primary N) is 1. The van der Waals surface area contributed by atoms with Crippen LogP contribution in [-0.4, -0.2) is 16.9 Å². The van der Waals surface area contributed by atoms with Gasteiger partial charge >= 0.3 is 0 Å². The van der Waals surface area contributed by atoms with Gasteiger partial charge in [-0.3, -0.25) is 4.90 Å². The van der Waals surface area contributed by atoms with Crippen LogP contribution in [-0.2, 0) is 13.1 Å². The fourth-order valence-corrected chi connectivity index (χ4v) is 2.49. The van der Waals surface area contributed by atoms with Gasteiger partial charge in [0.2, 0.25) is 0 Å². The van der Waals surface area contributed by atoms with Crippen molar-refractivity contribution in [3.05, 3.63) is 46.5 Å². The molecular formula is C13H17N3S. The number of aromatic nitrogens is 1. The van der Waals surface area contributed by atoms with Gasteiger partial charge in [-0.25, -0.2) is 4.98 Å². The Morgan fingerprint density at radius 1 is 1.24 bits per heavy atom. The number of anilines is 1. The summed E-state index contributed by atoms with van der Waals surface area (Å²) in [6.45, 7) is 3.94. The quantitative estimate of drug-likeness (QED) is 0.903. The van der Waals surface area contributed by atoms with E-state index in [9.17, 15) is 0 Å². The molecule has 1 heterocycles. The molecule has 2 aromatic rings. The number of aryl methyl sites for hydroxylation is 1. The van der Waals surface area contributed by atoms with Gasteiger partial charge in [0, 0.05) is 24.2 Å². The minimum Gasteiger partial charge on any atom is -0.375 e. The summed E-state index contributed by atoms with van der Waals surface area (Å²) in [4.78, 5) is 7.53. The summed E-state index contributed by atoms with van der Waals surface area (Å²) in [6, 6.07) is 8.64. The highest BCUT2D eigenvalue weighted by atomic mass is 32.1. The Labute approximate surface area is 106 Å². The van der Waals surface area contributed by atoms with Crippen LogP contribution in [0, 0.1) is 6.92 Å².